The Labute approximate surface area is 201 Å². The molecule has 0 saturated heterocycles. The zero-order chi connectivity index (χ0) is 21.3. The fourth-order valence-electron chi connectivity index (χ4n) is 3.43. The lowest BCUT2D eigenvalue weighted by molar-refractivity contribution is 0.198. The number of guanidine groups is 1. The van der Waals surface area contributed by atoms with Gasteiger partial charge in [-0.2, -0.15) is 0 Å². The molecule has 1 heterocycles. The molecular formula is C22H33IN6O2. The Morgan fingerprint density at radius 2 is 2.06 bits per heavy atom. The summed E-state index contributed by atoms with van der Waals surface area (Å²) >= 11 is 0. The van der Waals surface area contributed by atoms with Gasteiger partial charge in [0.15, 0.2) is 23.3 Å². The number of ether oxygens (including phenoxy) is 2. The number of nitrogens with zero attached hydrogens (tertiary/aromatic N) is 4. The Morgan fingerprint density at radius 1 is 1.29 bits per heavy atom. The first-order valence-corrected chi connectivity index (χ1v) is 10.4. The average molecular weight is 540 g/mol. The Balaban J connectivity index is 0.00000341. The van der Waals surface area contributed by atoms with E-state index < -0.39 is 0 Å². The third kappa shape index (κ3) is 6.84. The monoisotopic (exact) mass is 540 g/mol. The fraction of sp³-hybridized carbons (Fsp3) is 0.500. The highest BCUT2D eigenvalue weighted by Gasteiger charge is 2.20. The van der Waals surface area contributed by atoms with E-state index in [-0.39, 0.29) is 30.1 Å². The van der Waals surface area contributed by atoms with E-state index >= 15 is 0 Å². The van der Waals surface area contributed by atoms with Crippen LogP contribution in [0.2, 0.25) is 0 Å². The summed E-state index contributed by atoms with van der Waals surface area (Å²) in [5.74, 6) is 3.92. The zero-order valence-corrected chi connectivity index (χ0v) is 20.9. The number of aliphatic imine (C=N–C) groups is 1. The first kappa shape index (κ1) is 25.0. The Morgan fingerprint density at radius 3 is 2.71 bits per heavy atom. The van der Waals surface area contributed by atoms with Crippen molar-refractivity contribution >= 4 is 29.9 Å². The lowest BCUT2D eigenvalue weighted by atomic mass is 10.1. The van der Waals surface area contributed by atoms with Crippen LogP contribution in [-0.4, -0.2) is 40.5 Å². The van der Waals surface area contributed by atoms with Crippen molar-refractivity contribution in [3.05, 3.63) is 48.1 Å². The summed E-state index contributed by atoms with van der Waals surface area (Å²) in [5.41, 5.74) is 0.996. The predicted octanol–water partition coefficient (Wildman–Crippen LogP) is 3.49. The highest BCUT2D eigenvalue weighted by molar-refractivity contribution is 14.0. The molecule has 0 amide bonds. The minimum absolute atomic E-state index is 0. The number of aryl methyl sites for hydroxylation is 1. The van der Waals surface area contributed by atoms with Crippen molar-refractivity contribution in [1.82, 2.24) is 25.4 Å². The van der Waals surface area contributed by atoms with Crippen molar-refractivity contribution < 1.29 is 9.47 Å². The normalized spacial score (nSPS) is 14.1. The van der Waals surface area contributed by atoms with Gasteiger partial charge in [0, 0.05) is 19.2 Å². The van der Waals surface area contributed by atoms with Crippen molar-refractivity contribution in [2.45, 2.75) is 51.8 Å². The molecule has 8 nitrogen and oxygen atoms in total. The fourth-order valence-corrected chi connectivity index (χ4v) is 3.43. The number of hydrogen-bond donors (Lipinski definition) is 2. The molecule has 31 heavy (non-hydrogen) atoms. The zero-order valence-electron chi connectivity index (χ0n) is 18.6. The van der Waals surface area contributed by atoms with Crippen LogP contribution in [0.15, 0.2) is 35.8 Å². The maximum atomic E-state index is 6.32. The number of nitrogens with one attached hydrogen (secondary N) is 2. The Kier molecular flexibility index (Phi) is 10.1. The molecule has 1 aromatic carbocycles. The summed E-state index contributed by atoms with van der Waals surface area (Å²) in [6.07, 6.45) is 6.66. The summed E-state index contributed by atoms with van der Waals surface area (Å²) in [6, 6.07) is 5.94. The van der Waals surface area contributed by atoms with Crippen LogP contribution in [0.25, 0.3) is 0 Å². The van der Waals surface area contributed by atoms with Gasteiger partial charge in [-0.1, -0.05) is 18.2 Å². The summed E-state index contributed by atoms with van der Waals surface area (Å²) < 4.78 is 13.8. The highest BCUT2D eigenvalue weighted by atomic mass is 127. The van der Waals surface area contributed by atoms with Crippen LogP contribution in [0.4, 0.5) is 0 Å². The molecule has 1 aromatic heterocycles. The van der Waals surface area contributed by atoms with Crippen LogP contribution < -0.4 is 20.1 Å². The van der Waals surface area contributed by atoms with E-state index in [9.17, 15) is 0 Å². The van der Waals surface area contributed by atoms with Crippen LogP contribution in [-0.2, 0) is 20.1 Å². The largest absolute Gasteiger partial charge is 0.493 e. The average Bonchev–Trinajstić information content (AvgIpc) is 3.38. The van der Waals surface area contributed by atoms with E-state index in [0.29, 0.717) is 25.6 Å². The molecule has 2 aromatic rings. The summed E-state index contributed by atoms with van der Waals surface area (Å²) in [4.78, 5) is 4.75. The summed E-state index contributed by atoms with van der Waals surface area (Å²) in [5, 5.41) is 14.8. The van der Waals surface area contributed by atoms with Gasteiger partial charge >= 0.3 is 0 Å². The third-order valence-corrected chi connectivity index (χ3v) is 5.29. The molecule has 0 radical (unpaired) electrons. The third-order valence-electron chi connectivity index (χ3n) is 5.29. The topological polar surface area (TPSA) is 85.6 Å². The molecule has 1 aliphatic carbocycles. The van der Waals surface area contributed by atoms with Crippen molar-refractivity contribution in [2.24, 2.45) is 12.0 Å². The molecule has 2 N–H and O–H groups in total. The number of benzene rings is 1. The van der Waals surface area contributed by atoms with Crippen LogP contribution >= 0.6 is 24.0 Å². The van der Waals surface area contributed by atoms with Gasteiger partial charge in [-0.3, -0.25) is 0 Å². The molecule has 0 bridgehead atoms. The summed E-state index contributed by atoms with van der Waals surface area (Å²) in [6.45, 7) is 7.28. The quantitative estimate of drug-likeness (QED) is 0.219. The predicted molar refractivity (Wildman–Crippen MR) is 133 cm³/mol. The van der Waals surface area contributed by atoms with Crippen molar-refractivity contribution in [3.63, 3.8) is 0 Å². The van der Waals surface area contributed by atoms with E-state index in [4.69, 9.17) is 14.5 Å². The highest BCUT2D eigenvalue weighted by Crippen LogP contribution is 2.35. The minimum atomic E-state index is 0. The molecule has 1 saturated carbocycles. The number of rotatable bonds is 9. The Bertz CT molecular complexity index is 877. The molecule has 0 aliphatic heterocycles. The van der Waals surface area contributed by atoms with E-state index in [0.717, 1.165) is 41.6 Å². The van der Waals surface area contributed by atoms with Crippen molar-refractivity contribution in [2.75, 3.05) is 13.7 Å². The van der Waals surface area contributed by atoms with Gasteiger partial charge in [-0.05, 0) is 38.7 Å². The van der Waals surface area contributed by atoms with Gasteiger partial charge in [-0.15, -0.1) is 40.8 Å². The summed E-state index contributed by atoms with van der Waals surface area (Å²) in [7, 11) is 3.62. The van der Waals surface area contributed by atoms with Crippen molar-refractivity contribution in [1.29, 1.82) is 0 Å². The van der Waals surface area contributed by atoms with Gasteiger partial charge in [0.1, 0.15) is 5.82 Å². The minimum Gasteiger partial charge on any atom is -0.493 e. The SMILES string of the molecule is C=CCNC(=NCc1cccc(OC)c1OC1CCCC1)NCc1nnc(C)n1C.I. The smallest absolute Gasteiger partial charge is 0.192 e. The van der Waals surface area contributed by atoms with Gasteiger partial charge < -0.3 is 24.7 Å². The maximum absolute atomic E-state index is 6.32. The van der Waals surface area contributed by atoms with Gasteiger partial charge in [0.05, 0.1) is 26.3 Å². The number of methoxy groups -OCH3 is 1. The number of halogens is 1. The number of aromatic nitrogens is 3. The molecule has 1 fully saturated rings. The second-order valence-corrected chi connectivity index (χ2v) is 7.38. The Hall–Kier alpha value is -2.30. The second kappa shape index (κ2) is 12.5. The molecule has 0 atom stereocenters. The van der Waals surface area contributed by atoms with Crippen LogP contribution in [0, 0.1) is 6.92 Å². The number of para-hydroxylation sites is 1. The van der Waals surface area contributed by atoms with Gasteiger partial charge in [-0.25, -0.2) is 4.99 Å². The number of hydrogen-bond acceptors (Lipinski definition) is 5. The lowest BCUT2D eigenvalue weighted by Gasteiger charge is -2.19. The van der Waals surface area contributed by atoms with E-state index in [1.165, 1.54) is 12.8 Å². The van der Waals surface area contributed by atoms with E-state index in [2.05, 4.69) is 27.4 Å². The van der Waals surface area contributed by atoms with E-state index in [1.54, 1.807) is 13.2 Å². The molecule has 0 unspecified atom stereocenters. The van der Waals surface area contributed by atoms with Crippen LogP contribution in [0.5, 0.6) is 11.5 Å². The maximum Gasteiger partial charge on any atom is 0.192 e. The molecule has 9 heteroatoms. The molecule has 1 aliphatic rings. The van der Waals surface area contributed by atoms with Gasteiger partial charge in [0.2, 0.25) is 0 Å². The first-order chi connectivity index (χ1) is 14.6. The van der Waals surface area contributed by atoms with Crippen LogP contribution in [0.3, 0.4) is 0 Å². The lowest BCUT2D eigenvalue weighted by Crippen LogP contribution is -2.37. The first-order valence-electron chi connectivity index (χ1n) is 10.4. The molecule has 3 rings (SSSR count). The molecular weight excluding hydrogens is 507 g/mol. The van der Waals surface area contributed by atoms with Crippen molar-refractivity contribution in [3.8, 4) is 11.5 Å². The molecule has 170 valence electrons. The molecule has 0 spiro atoms. The van der Waals surface area contributed by atoms with E-state index in [1.807, 2.05) is 36.7 Å². The van der Waals surface area contributed by atoms with Crippen LogP contribution in [0.1, 0.15) is 42.9 Å². The standard InChI is InChI=1S/C22H32N6O2.HI/c1-5-13-23-22(25-15-20-27-26-16(2)28(20)3)24-14-17-9-8-12-19(29-4)21(17)30-18-10-6-7-11-18;/h5,8-9,12,18H,1,6-7,10-11,13-15H2,2-4H3,(H2,23,24,25);1H. The van der Waals surface area contributed by atoms with Gasteiger partial charge in [0.25, 0.3) is 0 Å². The second-order valence-electron chi connectivity index (χ2n) is 7.38.